The quantitative estimate of drug-likeness (QED) is 0.518. The van der Waals surface area contributed by atoms with Gasteiger partial charge in [0.1, 0.15) is 12.2 Å². The zero-order chi connectivity index (χ0) is 24.4. The molecule has 3 N–H and O–H groups in total. The number of urea groups is 1. The van der Waals surface area contributed by atoms with Crippen LogP contribution in [0, 0.1) is 0 Å². The van der Waals surface area contributed by atoms with Gasteiger partial charge >= 0.3 is 6.03 Å². The summed E-state index contributed by atoms with van der Waals surface area (Å²) in [6.45, 7) is 4.33. The van der Waals surface area contributed by atoms with Crippen LogP contribution in [0.2, 0.25) is 0 Å². The van der Waals surface area contributed by atoms with Gasteiger partial charge in [0.2, 0.25) is 0 Å². The van der Waals surface area contributed by atoms with E-state index < -0.39 is 5.79 Å². The number of nitrogens with zero attached hydrogens (tertiary/aromatic N) is 1. The third kappa shape index (κ3) is 5.34. The summed E-state index contributed by atoms with van der Waals surface area (Å²) in [4.78, 5) is 15.7. The average molecular weight is 472 g/mol. The fourth-order valence-electron chi connectivity index (χ4n) is 5.27. The first-order valence-electron chi connectivity index (χ1n) is 12.2. The molecule has 2 saturated heterocycles. The summed E-state index contributed by atoms with van der Waals surface area (Å²) in [5.41, 5.74) is 10.0. The van der Waals surface area contributed by atoms with Crippen LogP contribution in [0.25, 0.3) is 0 Å². The molecule has 2 fully saturated rings. The maximum absolute atomic E-state index is 13.8. The number of fused-ring (bicyclic) bond motifs is 1. The zero-order valence-corrected chi connectivity index (χ0v) is 20.3. The molecule has 5 rings (SSSR count). The number of nitrogens with two attached hydrogens (primary N) is 1. The van der Waals surface area contributed by atoms with Crippen molar-refractivity contribution in [2.24, 2.45) is 0 Å². The van der Waals surface area contributed by atoms with Gasteiger partial charge in [0, 0.05) is 12.2 Å². The monoisotopic (exact) mass is 471 g/mol. The van der Waals surface area contributed by atoms with Gasteiger partial charge in [-0.05, 0) is 55.5 Å². The lowest BCUT2D eigenvalue weighted by Gasteiger charge is -2.34. The maximum Gasteiger partial charge on any atom is 0.318 e. The van der Waals surface area contributed by atoms with Crippen LogP contribution >= 0.6 is 0 Å². The molecule has 0 bridgehead atoms. The van der Waals surface area contributed by atoms with Gasteiger partial charge in [0.05, 0.1) is 12.1 Å². The Morgan fingerprint density at radius 3 is 2.09 bits per heavy atom. The number of hydrogen-bond acceptors (Lipinski definition) is 4. The lowest BCUT2D eigenvalue weighted by atomic mass is 9.91. The van der Waals surface area contributed by atoms with Crippen LogP contribution in [-0.2, 0) is 28.9 Å². The largest absolute Gasteiger partial charge is 0.399 e. The molecule has 2 heterocycles. The Hall–Kier alpha value is -3.35. The molecule has 3 aromatic carbocycles. The number of carbonyl (C=O) groups is 1. The molecular weight excluding hydrogens is 438 g/mol. The first-order chi connectivity index (χ1) is 16.9. The number of benzene rings is 3. The lowest BCUT2D eigenvalue weighted by molar-refractivity contribution is -0.154. The van der Waals surface area contributed by atoms with E-state index in [1.54, 1.807) is 0 Å². The highest BCUT2D eigenvalue weighted by Gasteiger charge is 2.53. The van der Waals surface area contributed by atoms with Crippen LogP contribution in [0.3, 0.4) is 0 Å². The van der Waals surface area contributed by atoms with Crippen LogP contribution in [0.5, 0.6) is 0 Å². The smallest absolute Gasteiger partial charge is 0.318 e. The van der Waals surface area contributed by atoms with Crippen LogP contribution in [-0.4, -0.2) is 41.0 Å². The van der Waals surface area contributed by atoms with Crippen LogP contribution in [0.1, 0.15) is 30.5 Å². The van der Waals surface area contributed by atoms with E-state index >= 15 is 0 Å². The molecule has 0 aliphatic carbocycles. The van der Waals surface area contributed by atoms with Gasteiger partial charge in [-0.25, -0.2) is 4.79 Å². The Morgan fingerprint density at radius 1 is 0.829 bits per heavy atom. The topological polar surface area (TPSA) is 76.8 Å². The summed E-state index contributed by atoms with van der Waals surface area (Å²) in [6, 6.07) is 27.6. The molecule has 0 aromatic heterocycles. The Balaban J connectivity index is 1.53. The van der Waals surface area contributed by atoms with E-state index in [2.05, 4.69) is 29.6 Å². The number of carbonyl (C=O) groups excluding carboxylic acids is 1. The van der Waals surface area contributed by atoms with Crippen LogP contribution < -0.4 is 11.1 Å². The van der Waals surface area contributed by atoms with E-state index in [1.165, 1.54) is 0 Å². The van der Waals surface area contributed by atoms with Crippen molar-refractivity contribution in [1.82, 2.24) is 10.2 Å². The minimum absolute atomic E-state index is 0.117. The van der Waals surface area contributed by atoms with Gasteiger partial charge in [-0.3, -0.25) is 0 Å². The second-order valence-electron chi connectivity index (χ2n) is 9.94. The number of anilines is 1. The summed E-state index contributed by atoms with van der Waals surface area (Å²) in [7, 11) is 0. The normalized spacial score (nSPS) is 25.5. The molecule has 2 aliphatic heterocycles. The minimum atomic E-state index is -0.746. The standard InChI is InChI=1S/C29H33N3O3/c1-29(2)34-26-24(17-20-10-5-3-6-11-20)31-28(33)32(19-22-14-9-15-23(30)16-22)25(27(26)35-29)18-21-12-7-4-8-13-21/h3-16,24-27H,17-19,30H2,1-2H3,(H,31,33)/t24-,25-,26+,27+/m1/s1. The SMILES string of the molecule is CC1(C)O[C@@H]2[C@@H](O1)[C@@H](Cc1ccccc1)NC(=O)N(Cc1cccc(N)c1)[C@@H]2Cc1ccccc1. The summed E-state index contributed by atoms with van der Waals surface area (Å²) in [6.07, 6.45) is 0.750. The van der Waals surface area contributed by atoms with Gasteiger partial charge in [-0.1, -0.05) is 72.8 Å². The third-order valence-electron chi connectivity index (χ3n) is 6.80. The number of hydrogen-bond donors (Lipinski definition) is 2. The van der Waals surface area contributed by atoms with E-state index in [0.29, 0.717) is 25.1 Å². The summed E-state index contributed by atoms with van der Waals surface area (Å²) in [5, 5.41) is 3.29. The number of amides is 2. The first-order valence-corrected chi connectivity index (χ1v) is 12.2. The van der Waals surface area contributed by atoms with E-state index in [4.69, 9.17) is 15.2 Å². The lowest BCUT2D eigenvalue weighted by Crippen LogP contribution is -2.50. The molecule has 4 atom stereocenters. The summed E-state index contributed by atoms with van der Waals surface area (Å²) in [5.74, 6) is -0.746. The van der Waals surface area contributed by atoms with Crippen molar-refractivity contribution >= 4 is 11.7 Å². The molecule has 0 spiro atoms. The highest BCUT2D eigenvalue weighted by Crippen LogP contribution is 2.37. The number of nitrogen functional groups attached to an aromatic ring is 1. The van der Waals surface area contributed by atoms with E-state index in [9.17, 15) is 4.79 Å². The highest BCUT2D eigenvalue weighted by molar-refractivity contribution is 5.76. The molecule has 0 radical (unpaired) electrons. The third-order valence-corrected chi connectivity index (χ3v) is 6.80. The Morgan fingerprint density at radius 2 is 1.43 bits per heavy atom. The van der Waals surface area contributed by atoms with Gasteiger partial charge < -0.3 is 25.4 Å². The number of ether oxygens (including phenoxy) is 2. The van der Waals surface area contributed by atoms with E-state index in [1.807, 2.05) is 79.4 Å². The van der Waals surface area contributed by atoms with Crippen molar-refractivity contribution in [3.63, 3.8) is 0 Å². The summed E-state index contributed by atoms with van der Waals surface area (Å²) < 4.78 is 13.0. The second-order valence-corrected chi connectivity index (χ2v) is 9.94. The second kappa shape index (κ2) is 9.72. The molecular formula is C29H33N3O3. The van der Waals surface area contributed by atoms with Crippen LogP contribution in [0.4, 0.5) is 10.5 Å². The first kappa shape index (κ1) is 23.4. The van der Waals surface area contributed by atoms with Gasteiger partial charge in [-0.2, -0.15) is 0 Å². The van der Waals surface area contributed by atoms with Crippen molar-refractivity contribution in [3.05, 3.63) is 102 Å². The van der Waals surface area contributed by atoms with Crippen molar-refractivity contribution < 1.29 is 14.3 Å². The molecule has 2 aliphatic rings. The van der Waals surface area contributed by atoms with Crippen molar-refractivity contribution in [2.75, 3.05) is 5.73 Å². The molecule has 35 heavy (non-hydrogen) atoms. The predicted molar refractivity (Wildman–Crippen MR) is 137 cm³/mol. The van der Waals surface area contributed by atoms with Crippen molar-refractivity contribution in [2.45, 2.75) is 63.3 Å². The van der Waals surface area contributed by atoms with Crippen molar-refractivity contribution in [3.8, 4) is 0 Å². The fraction of sp³-hybridized carbons (Fsp3) is 0.345. The maximum atomic E-state index is 13.8. The molecule has 182 valence electrons. The molecule has 6 nitrogen and oxygen atoms in total. The Labute approximate surface area is 207 Å². The van der Waals surface area contributed by atoms with Gasteiger partial charge in [0.25, 0.3) is 0 Å². The summed E-state index contributed by atoms with van der Waals surface area (Å²) >= 11 is 0. The fourth-order valence-corrected chi connectivity index (χ4v) is 5.27. The predicted octanol–water partition coefficient (Wildman–Crippen LogP) is 4.54. The molecule has 0 saturated carbocycles. The molecule has 6 heteroatoms. The number of nitrogens with one attached hydrogen (secondary N) is 1. The Kier molecular flexibility index (Phi) is 6.50. The van der Waals surface area contributed by atoms with Crippen molar-refractivity contribution in [1.29, 1.82) is 0 Å². The average Bonchev–Trinajstić information content (AvgIpc) is 3.13. The number of rotatable bonds is 6. The molecule has 3 aromatic rings. The van der Waals surface area contributed by atoms with E-state index in [-0.39, 0.29) is 30.3 Å². The van der Waals surface area contributed by atoms with Gasteiger partial charge in [0.15, 0.2) is 5.79 Å². The highest BCUT2D eigenvalue weighted by atomic mass is 16.8. The molecule has 0 unspecified atom stereocenters. The zero-order valence-electron chi connectivity index (χ0n) is 20.3. The van der Waals surface area contributed by atoms with Gasteiger partial charge in [-0.15, -0.1) is 0 Å². The van der Waals surface area contributed by atoms with E-state index in [0.717, 1.165) is 16.7 Å². The Bertz CT molecular complexity index is 1150. The molecule has 2 amide bonds. The van der Waals surface area contributed by atoms with Crippen LogP contribution in [0.15, 0.2) is 84.9 Å². The minimum Gasteiger partial charge on any atom is -0.399 e.